The van der Waals surface area contributed by atoms with Gasteiger partial charge in [0.25, 0.3) is 0 Å². The van der Waals surface area contributed by atoms with E-state index in [2.05, 4.69) is 34.7 Å². The molecule has 1 aromatic heterocycles. The van der Waals surface area contributed by atoms with E-state index >= 15 is 0 Å². The molecule has 3 rings (SSSR count). The Labute approximate surface area is 171 Å². The second-order valence-corrected chi connectivity index (χ2v) is 7.67. The smallest absolute Gasteiger partial charge is 0.321 e. The molecule has 1 aromatic carbocycles. The minimum Gasteiger partial charge on any atom is -0.375 e. The molecule has 29 heavy (non-hydrogen) atoms. The largest absolute Gasteiger partial charge is 0.375 e. The molecule has 8 heteroatoms. The average Bonchev–Trinajstić information content (AvgIpc) is 3.16. The van der Waals surface area contributed by atoms with Crippen LogP contribution >= 0.6 is 0 Å². The first-order chi connectivity index (χ1) is 14.0. The Hall–Kier alpha value is -2.87. The Morgan fingerprint density at radius 1 is 1.28 bits per heavy atom. The summed E-state index contributed by atoms with van der Waals surface area (Å²) in [6, 6.07) is 7.84. The third-order valence-corrected chi connectivity index (χ3v) is 5.16. The maximum absolute atomic E-state index is 12.8. The van der Waals surface area contributed by atoms with Crippen molar-refractivity contribution in [3.05, 3.63) is 41.7 Å². The highest BCUT2D eigenvalue weighted by Crippen LogP contribution is 2.30. The number of nitrogens with one attached hydrogen (secondary N) is 3. The summed E-state index contributed by atoms with van der Waals surface area (Å²) in [6.45, 7) is 5.53. The number of urea groups is 1. The number of likely N-dealkylation sites (tertiary alicyclic amines) is 1. The molecule has 0 aliphatic carbocycles. The molecule has 0 saturated carbocycles. The Balaban J connectivity index is 1.62. The van der Waals surface area contributed by atoms with Gasteiger partial charge in [0.05, 0.1) is 17.6 Å². The van der Waals surface area contributed by atoms with Crippen LogP contribution in [-0.2, 0) is 9.53 Å². The van der Waals surface area contributed by atoms with E-state index < -0.39 is 0 Å². The zero-order valence-electron chi connectivity index (χ0n) is 17.2. The number of anilines is 2. The number of piperidine rings is 1. The van der Waals surface area contributed by atoms with Gasteiger partial charge in [0.2, 0.25) is 5.91 Å². The topological polar surface area (TPSA) is 99.3 Å². The predicted molar refractivity (Wildman–Crippen MR) is 112 cm³/mol. The van der Waals surface area contributed by atoms with Crippen molar-refractivity contribution >= 4 is 23.3 Å². The lowest BCUT2D eigenvalue weighted by Crippen LogP contribution is -2.41. The van der Waals surface area contributed by atoms with Crippen LogP contribution in [0, 0.1) is 0 Å². The molecule has 0 radical (unpaired) electrons. The normalized spacial score (nSPS) is 16.7. The van der Waals surface area contributed by atoms with E-state index in [0.29, 0.717) is 24.7 Å². The third-order valence-electron chi connectivity index (χ3n) is 5.16. The molecule has 1 atom stereocenters. The van der Waals surface area contributed by atoms with E-state index in [1.807, 2.05) is 29.2 Å². The molecule has 2 aromatic rings. The highest BCUT2D eigenvalue weighted by molar-refractivity contribution is 5.92. The lowest BCUT2D eigenvalue weighted by Gasteiger charge is -2.32. The molecule has 1 saturated heterocycles. The fraction of sp³-hybridized carbons (Fsp3) is 0.476. The summed E-state index contributed by atoms with van der Waals surface area (Å²) in [5, 5.41) is 12.8. The van der Waals surface area contributed by atoms with E-state index in [4.69, 9.17) is 4.74 Å². The minimum atomic E-state index is -0.231. The van der Waals surface area contributed by atoms with Crippen LogP contribution < -0.4 is 10.6 Å². The Morgan fingerprint density at radius 3 is 2.72 bits per heavy atom. The summed E-state index contributed by atoms with van der Waals surface area (Å²) in [7, 11) is 1.48. The summed E-state index contributed by atoms with van der Waals surface area (Å²) in [6.07, 6.45) is 3.40. The van der Waals surface area contributed by atoms with Crippen LogP contribution in [0.3, 0.4) is 0 Å². The first kappa shape index (κ1) is 20.9. The molecule has 8 nitrogen and oxygen atoms in total. The van der Waals surface area contributed by atoms with Gasteiger partial charge in [0.1, 0.15) is 6.61 Å². The van der Waals surface area contributed by atoms with Crippen molar-refractivity contribution < 1.29 is 14.3 Å². The molecule has 0 bridgehead atoms. The highest BCUT2D eigenvalue weighted by Gasteiger charge is 2.28. The SMILES string of the molecule is COCC(=O)Nc1cn[nH]c1[C@H]1CCCN(C(=O)Nc2ccc(C(C)C)cc2)C1. The zero-order valence-corrected chi connectivity index (χ0v) is 17.2. The van der Waals surface area contributed by atoms with Crippen LogP contribution in [0.25, 0.3) is 0 Å². The Morgan fingerprint density at radius 2 is 2.03 bits per heavy atom. The van der Waals surface area contributed by atoms with Crippen LogP contribution in [0.5, 0.6) is 0 Å². The number of aromatic amines is 1. The number of amides is 3. The van der Waals surface area contributed by atoms with Gasteiger partial charge in [-0.2, -0.15) is 5.10 Å². The van der Waals surface area contributed by atoms with Crippen LogP contribution in [0.4, 0.5) is 16.2 Å². The number of nitrogens with zero attached hydrogens (tertiary/aromatic N) is 2. The van der Waals surface area contributed by atoms with Crippen molar-refractivity contribution in [2.45, 2.75) is 38.5 Å². The van der Waals surface area contributed by atoms with Gasteiger partial charge in [0.15, 0.2) is 0 Å². The number of rotatable bonds is 6. The van der Waals surface area contributed by atoms with Crippen molar-refractivity contribution in [1.29, 1.82) is 0 Å². The predicted octanol–water partition coefficient (Wildman–Crippen LogP) is 3.53. The number of hydrogen-bond acceptors (Lipinski definition) is 4. The zero-order chi connectivity index (χ0) is 20.8. The first-order valence-corrected chi connectivity index (χ1v) is 9.96. The van der Waals surface area contributed by atoms with Gasteiger partial charge in [-0.1, -0.05) is 26.0 Å². The standard InChI is InChI=1S/C21H29N5O3/c1-14(2)15-6-8-17(9-7-15)23-21(28)26-10-4-5-16(12-26)20-18(11-22-25-20)24-19(27)13-29-3/h6-9,11,14,16H,4-5,10,12-13H2,1-3H3,(H,22,25)(H,23,28)(H,24,27)/t16-/m0/s1. The molecule has 1 aliphatic heterocycles. The molecule has 1 fully saturated rings. The van der Waals surface area contributed by atoms with Crippen LogP contribution in [0.15, 0.2) is 30.5 Å². The fourth-order valence-electron chi connectivity index (χ4n) is 3.58. The summed E-state index contributed by atoms with van der Waals surface area (Å²) < 4.78 is 4.86. The van der Waals surface area contributed by atoms with Crippen molar-refractivity contribution in [1.82, 2.24) is 15.1 Å². The molecule has 1 aliphatic rings. The quantitative estimate of drug-likeness (QED) is 0.692. The van der Waals surface area contributed by atoms with E-state index in [1.54, 1.807) is 6.20 Å². The van der Waals surface area contributed by atoms with E-state index in [9.17, 15) is 9.59 Å². The van der Waals surface area contributed by atoms with Gasteiger partial charge < -0.3 is 20.3 Å². The molecular formula is C21H29N5O3. The van der Waals surface area contributed by atoms with E-state index in [-0.39, 0.29) is 24.5 Å². The number of ether oxygens (including phenoxy) is 1. The number of hydrogen-bond donors (Lipinski definition) is 3. The van der Waals surface area contributed by atoms with Crippen molar-refractivity contribution in [3.63, 3.8) is 0 Å². The fourth-order valence-corrected chi connectivity index (χ4v) is 3.58. The van der Waals surface area contributed by atoms with Crippen LogP contribution in [0.1, 0.15) is 49.8 Å². The summed E-state index contributed by atoms with van der Waals surface area (Å²) in [4.78, 5) is 26.4. The Kier molecular flexibility index (Phi) is 6.87. The van der Waals surface area contributed by atoms with Crippen LogP contribution in [0.2, 0.25) is 0 Å². The number of H-pyrrole nitrogens is 1. The monoisotopic (exact) mass is 399 g/mol. The number of methoxy groups -OCH3 is 1. The summed E-state index contributed by atoms with van der Waals surface area (Å²) in [5.74, 6) is 0.305. The van der Waals surface area contributed by atoms with Gasteiger partial charge >= 0.3 is 6.03 Å². The van der Waals surface area contributed by atoms with Crippen molar-refractivity contribution in [3.8, 4) is 0 Å². The van der Waals surface area contributed by atoms with Gasteiger partial charge in [0, 0.05) is 31.8 Å². The maximum Gasteiger partial charge on any atom is 0.321 e. The highest BCUT2D eigenvalue weighted by atomic mass is 16.5. The lowest BCUT2D eigenvalue weighted by molar-refractivity contribution is -0.119. The molecule has 0 unspecified atom stereocenters. The van der Waals surface area contributed by atoms with Gasteiger partial charge in [-0.05, 0) is 36.5 Å². The second kappa shape index (κ2) is 9.56. The van der Waals surface area contributed by atoms with E-state index in [1.165, 1.54) is 12.7 Å². The average molecular weight is 399 g/mol. The van der Waals surface area contributed by atoms with Crippen molar-refractivity contribution in [2.24, 2.45) is 0 Å². The molecule has 2 heterocycles. The summed E-state index contributed by atoms with van der Waals surface area (Å²) in [5.41, 5.74) is 3.51. The van der Waals surface area contributed by atoms with Gasteiger partial charge in [-0.3, -0.25) is 9.89 Å². The molecule has 0 spiro atoms. The molecule has 3 amide bonds. The number of aromatic nitrogens is 2. The molecular weight excluding hydrogens is 370 g/mol. The van der Waals surface area contributed by atoms with Crippen LogP contribution in [-0.4, -0.2) is 53.8 Å². The molecule has 156 valence electrons. The summed E-state index contributed by atoms with van der Waals surface area (Å²) >= 11 is 0. The minimum absolute atomic E-state index is 0.0145. The lowest BCUT2D eigenvalue weighted by atomic mass is 9.94. The van der Waals surface area contributed by atoms with Gasteiger partial charge in [-0.25, -0.2) is 4.79 Å². The van der Waals surface area contributed by atoms with E-state index in [0.717, 1.165) is 24.2 Å². The Bertz CT molecular complexity index is 831. The second-order valence-electron chi connectivity index (χ2n) is 7.67. The third kappa shape index (κ3) is 5.35. The first-order valence-electron chi connectivity index (χ1n) is 9.96. The number of carbonyl (C=O) groups excluding carboxylic acids is 2. The van der Waals surface area contributed by atoms with Crippen molar-refractivity contribution in [2.75, 3.05) is 37.4 Å². The molecule has 3 N–H and O–H groups in total. The van der Waals surface area contributed by atoms with Gasteiger partial charge in [-0.15, -0.1) is 0 Å². The number of carbonyl (C=O) groups is 2. The number of benzene rings is 1. The maximum atomic E-state index is 12.8.